The molecule has 0 radical (unpaired) electrons. The van der Waals surface area contributed by atoms with E-state index in [9.17, 15) is 0 Å². The van der Waals surface area contributed by atoms with Crippen molar-refractivity contribution in [1.82, 2.24) is 0 Å². The van der Waals surface area contributed by atoms with Crippen molar-refractivity contribution in [3.8, 4) is 5.75 Å². The zero-order valence-electron chi connectivity index (χ0n) is 10.7. The molecule has 2 aromatic rings. The second-order valence-electron chi connectivity index (χ2n) is 4.26. The lowest BCUT2D eigenvalue weighted by Gasteiger charge is -2.12. The number of nitrogens with one attached hydrogen (secondary N) is 1. The van der Waals surface area contributed by atoms with Crippen LogP contribution in [0.15, 0.2) is 42.5 Å². The van der Waals surface area contributed by atoms with Crippen LogP contribution in [0.1, 0.15) is 11.1 Å². The first kappa shape index (κ1) is 12.3. The molecule has 18 heavy (non-hydrogen) atoms. The number of benzene rings is 2. The normalized spacial score (nSPS) is 10.1. The lowest BCUT2D eigenvalue weighted by molar-refractivity contribution is 0.410. The first-order chi connectivity index (χ1) is 8.70. The number of aryl methyl sites for hydroxylation is 1. The van der Waals surface area contributed by atoms with Crippen molar-refractivity contribution in [2.75, 3.05) is 18.2 Å². The number of nitrogens with two attached hydrogens (primary N) is 1. The molecular formula is C15H18N2O. The van der Waals surface area contributed by atoms with Gasteiger partial charge in [-0.15, -0.1) is 0 Å². The molecule has 0 unspecified atom stereocenters. The molecule has 0 aliphatic carbocycles. The highest BCUT2D eigenvalue weighted by Gasteiger charge is 2.03. The molecule has 3 heteroatoms. The number of ether oxygens (including phenoxy) is 1. The average molecular weight is 242 g/mol. The van der Waals surface area contributed by atoms with E-state index in [1.54, 1.807) is 7.11 Å². The molecule has 0 atom stereocenters. The van der Waals surface area contributed by atoms with Gasteiger partial charge in [0.1, 0.15) is 5.75 Å². The van der Waals surface area contributed by atoms with Gasteiger partial charge in [-0.05, 0) is 30.7 Å². The van der Waals surface area contributed by atoms with Gasteiger partial charge in [0, 0.05) is 12.1 Å². The van der Waals surface area contributed by atoms with Crippen molar-refractivity contribution in [1.29, 1.82) is 0 Å². The van der Waals surface area contributed by atoms with E-state index in [1.165, 1.54) is 0 Å². The van der Waals surface area contributed by atoms with Crippen LogP contribution in [0.25, 0.3) is 0 Å². The van der Waals surface area contributed by atoms with Crippen LogP contribution in [0.3, 0.4) is 0 Å². The molecule has 0 spiro atoms. The summed E-state index contributed by atoms with van der Waals surface area (Å²) in [7, 11) is 1.68. The summed E-state index contributed by atoms with van der Waals surface area (Å²) in [5.41, 5.74) is 9.95. The van der Waals surface area contributed by atoms with E-state index in [0.717, 1.165) is 28.3 Å². The third-order valence-electron chi connectivity index (χ3n) is 2.87. The van der Waals surface area contributed by atoms with Crippen molar-refractivity contribution < 1.29 is 4.74 Å². The Hall–Kier alpha value is -2.16. The second-order valence-corrected chi connectivity index (χ2v) is 4.26. The number of anilines is 2. The third-order valence-corrected chi connectivity index (χ3v) is 2.87. The number of para-hydroxylation sites is 1. The van der Waals surface area contributed by atoms with Gasteiger partial charge in [0.2, 0.25) is 0 Å². The minimum atomic E-state index is 0.692. The molecule has 2 aromatic carbocycles. The molecule has 2 rings (SSSR count). The molecule has 3 N–H and O–H groups in total. The molecule has 94 valence electrons. The molecule has 0 fully saturated rings. The monoisotopic (exact) mass is 242 g/mol. The van der Waals surface area contributed by atoms with Crippen LogP contribution in [0, 0.1) is 6.92 Å². The smallest absolute Gasteiger partial charge is 0.123 e. The van der Waals surface area contributed by atoms with Crippen LogP contribution in [0.4, 0.5) is 11.4 Å². The van der Waals surface area contributed by atoms with E-state index in [1.807, 2.05) is 49.4 Å². The highest BCUT2D eigenvalue weighted by atomic mass is 16.5. The maximum absolute atomic E-state index is 5.96. The summed E-state index contributed by atoms with van der Waals surface area (Å²) in [6.45, 7) is 2.72. The number of hydrogen-bond donors (Lipinski definition) is 2. The summed E-state index contributed by atoms with van der Waals surface area (Å²) >= 11 is 0. The summed E-state index contributed by atoms with van der Waals surface area (Å²) in [5.74, 6) is 0.885. The van der Waals surface area contributed by atoms with Gasteiger partial charge >= 0.3 is 0 Å². The standard InChI is InChI=1S/C15H18N2O/c1-11-7-8-14(13(16)9-11)17-10-12-5-3-4-6-15(12)18-2/h3-9,17H,10,16H2,1-2H3. The molecule has 0 heterocycles. The van der Waals surface area contributed by atoms with E-state index in [-0.39, 0.29) is 0 Å². The van der Waals surface area contributed by atoms with Gasteiger partial charge in [-0.1, -0.05) is 24.3 Å². The Bertz CT molecular complexity index is 538. The van der Waals surface area contributed by atoms with Crippen molar-refractivity contribution in [3.63, 3.8) is 0 Å². The minimum Gasteiger partial charge on any atom is -0.496 e. The highest BCUT2D eigenvalue weighted by Crippen LogP contribution is 2.23. The summed E-state index contributed by atoms with van der Waals surface area (Å²) in [5, 5.41) is 3.33. The van der Waals surface area contributed by atoms with E-state index in [0.29, 0.717) is 6.54 Å². The van der Waals surface area contributed by atoms with Gasteiger partial charge in [0.05, 0.1) is 18.5 Å². The first-order valence-electron chi connectivity index (χ1n) is 5.92. The van der Waals surface area contributed by atoms with E-state index < -0.39 is 0 Å². The van der Waals surface area contributed by atoms with Crippen LogP contribution < -0.4 is 15.8 Å². The van der Waals surface area contributed by atoms with Crippen LogP contribution in [0.5, 0.6) is 5.75 Å². The SMILES string of the molecule is COc1ccccc1CNc1ccc(C)cc1N. The molecule has 0 aliphatic rings. The van der Waals surface area contributed by atoms with Crippen molar-refractivity contribution in [3.05, 3.63) is 53.6 Å². The Kier molecular flexibility index (Phi) is 3.72. The lowest BCUT2D eigenvalue weighted by atomic mass is 10.1. The Balaban J connectivity index is 2.11. The van der Waals surface area contributed by atoms with Gasteiger partial charge in [0.15, 0.2) is 0 Å². The number of methoxy groups -OCH3 is 1. The molecule has 3 nitrogen and oxygen atoms in total. The zero-order valence-corrected chi connectivity index (χ0v) is 10.7. The quantitative estimate of drug-likeness (QED) is 0.809. The largest absolute Gasteiger partial charge is 0.496 e. The number of nitrogen functional groups attached to an aromatic ring is 1. The van der Waals surface area contributed by atoms with E-state index in [4.69, 9.17) is 10.5 Å². The Morgan fingerprint density at radius 1 is 1.17 bits per heavy atom. The Morgan fingerprint density at radius 2 is 1.94 bits per heavy atom. The maximum atomic E-state index is 5.96. The fourth-order valence-corrected chi connectivity index (χ4v) is 1.88. The molecule has 0 saturated carbocycles. The average Bonchev–Trinajstić information content (AvgIpc) is 2.38. The first-order valence-corrected chi connectivity index (χ1v) is 5.92. The van der Waals surface area contributed by atoms with E-state index in [2.05, 4.69) is 5.32 Å². The minimum absolute atomic E-state index is 0.692. The topological polar surface area (TPSA) is 47.3 Å². The third kappa shape index (κ3) is 2.74. The molecule has 0 aliphatic heterocycles. The van der Waals surface area contributed by atoms with Crippen molar-refractivity contribution >= 4 is 11.4 Å². The Morgan fingerprint density at radius 3 is 2.67 bits per heavy atom. The van der Waals surface area contributed by atoms with Gasteiger partial charge in [0.25, 0.3) is 0 Å². The lowest BCUT2D eigenvalue weighted by Crippen LogP contribution is -2.04. The Labute approximate surface area is 108 Å². The van der Waals surface area contributed by atoms with Crippen LogP contribution in [-0.2, 0) is 6.54 Å². The zero-order chi connectivity index (χ0) is 13.0. The molecule has 0 bridgehead atoms. The second kappa shape index (κ2) is 5.45. The predicted molar refractivity (Wildman–Crippen MR) is 75.9 cm³/mol. The predicted octanol–water partition coefficient (Wildman–Crippen LogP) is 3.20. The fourth-order valence-electron chi connectivity index (χ4n) is 1.88. The van der Waals surface area contributed by atoms with Gasteiger partial charge < -0.3 is 15.8 Å². The van der Waals surface area contributed by atoms with Crippen molar-refractivity contribution in [2.45, 2.75) is 13.5 Å². The summed E-state index contributed by atoms with van der Waals surface area (Å²) < 4.78 is 5.31. The number of rotatable bonds is 4. The van der Waals surface area contributed by atoms with Crippen molar-refractivity contribution in [2.24, 2.45) is 0 Å². The molecule has 0 amide bonds. The van der Waals surface area contributed by atoms with Gasteiger partial charge in [-0.25, -0.2) is 0 Å². The van der Waals surface area contributed by atoms with Gasteiger partial charge in [-0.3, -0.25) is 0 Å². The maximum Gasteiger partial charge on any atom is 0.123 e. The molecule has 0 saturated heterocycles. The van der Waals surface area contributed by atoms with Crippen LogP contribution >= 0.6 is 0 Å². The van der Waals surface area contributed by atoms with Crippen LogP contribution in [0.2, 0.25) is 0 Å². The summed E-state index contributed by atoms with van der Waals surface area (Å²) in [6, 6.07) is 14.0. The summed E-state index contributed by atoms with van der Waals surface area (Å²) in [6.07, 6.45) is 0. The fraction of sp³-hybridized carbons (Fsp3) is 0.200. The summed E-state index contributed by atoms with van der Waals surface area (Å²) in [4.78, 5) is 0. The van der Waals surface area contributed by atoms with E-state index >= 15 is 0 Å². The van der Waals surface area contributed by atoms with Crippen LogP contribution in [-0.4, -0.2) is 7.11 Å². The molecule has 0 aromatic heterocycles. The molecular weight excluding hydrogens is 224 g/mol. The number of hydrogen-bond acceptors (Lipinski definition) is 3. The van der Waals surface area contributed by atoms with Gasteiger partial charge in [-0.2, -0.15) is 0 Å². The highest BCUT2D eigenvalue weighted by molar-refractivity contribution is 5.67.